The zero-order chi connectivity index (χ0) is 18.4. The van der Waals surface area contributed by atoms with Crippen LogP contribution >= 0.6 is 0 Å². The predicted molar refractivity (Wildman–Crippen MR) is 98.3 cm³/mol. The van der Waals surface area contributed by atoms with E-state index in [0.717, 1.165) is 17.3 Å². The Morgan fingerprint density at radius 3 is 2.72 bits per heavy atom. The van der Waals surface area contributed by atoms with Gasteiger partial charge in [-0.15, -0.1) is 0 Å². The number of rotatable bonds is 8. The Labute approximate surface area is 148 Å². The van der Waals surface area contributed by atoms with Crippen molar-refractivity contribution in [1.82, 2.24) is 15.6 Å². The van der Waals surface area contributed by atoms with Gasteiger partial charge in [-0.25, -0.2) is 0 Å². The Balaban J connectivity index is 1.82. The number of aromatic amines is 1. The molecular weight excluding hydrogens is 318 g/mol. The number of carbonyl (C=O) groups is 2. The van der Waals surface area contributed by atoms with Gasteiger partial charge in [0.15, 0.2) is 0 Å². The lowest BCUT2D eigenvalue weighted by Crippen LogP contribution is -2.44. The molecule has 2 aromatic rings. The van der Waals surface area contributed by atoms with Crippen molar-refractivity contribution in [3.05, 3.63) is 36.0 Å². The normalized spacial score (nSPS) is 13.6. The Kier molecular flexibility index (Phi) is 6.20. The van der Waals surface area contributed by atoms with Gasteiger partial charge < -0.3 is 20.7 Å². The number of aliphatic hydroxyl groups is 1. The summed E-state index contributed by atoms with van der Waals surface area (Å²) in [5.74, 6) is -0.121. The first kappa shape index (κ1) is 19.0. The molecule has 2 amide bonds. The Bertz CT molecular complexity index is 734. The summed E-state index contributed by atoms with van der Waals surface area (Å²) in [5.41, 5.74) is 0.453. The molecule has 1 aromatic carbocycles. The van der Waals surface area contributed by atoms with Crippen LogP contribution in [0.2, 0.25) is 0 Å². The summed E-state index contributed by atoms with van der Waals surface area (Å²) in [6.45, 7) is 5.94. The number of H-pyrrole nitrogens is 1. The molecule has 0 radical (unpaired) electrons. The highest BCUT2D eigenvalue weighted by Gasteiger charge is 2.21. The molecule has 6 heteroatoms. The number of benzene rings is 1. The molecule has 2 rings (SSSR count). The number of hydrogen-bond acceptors (Lipinski definition) is 3. The molecule has 6 nitrogen and oxygen atoms in total. The van der Waals surface area contributed by atoms with Gasteiger partial charge >= 0.3 is 0 Å². The van der Waals surface area contributed by atoms with Crippen LogP contribution in [-0.2, 0) is 4.79 Å². The van der Waals surface area contributed by atoms with Crippen LogP contribution in [0.1, 0.15) is 44.0 Å². The first-order valence-corrected chi connectivity index (χ1v) is 8.62. The average Bonchev–Trinajstić information content (AvgIpc) is 3.05. The van der Waals surface area contributed by atoms with E-state index in [9.17, 15) is 14.7 Å². The summed E-state index contributed by atoms with van der Waals surface area (Å²) in [4.78, 5) is 27.3. The highest BCUT2D eigenvalue weighted by molar-refractivity contribution is 6.07. The quantitative estimate of drug-likeness (QED) is 0.591. The van der Waals surface area contributed by atoms with Crippen LogP contribution in [0.3, 0.4) is 0 Å². The molecule has 1 unspecified atom stereocenters. The van der Waals surface area contributed by atoms with Crippen LogP contribution in [0.5, 0.6) is 0 Å². The van der Waals surface area contributed by atoms with Crippen molar-refractivity contribution in [3.63, 3.8) is 0 Å². The average molecular weight is 345 g/mol. The molecule has 0 saturated heterocycles. The minimum Gasteiger partial charge on any atom is -0.388 e. The van der Waals surface area contributed by atoms with Gasteiger partial charge in [0, 0.05) is 29.2 Å². The third-order valence-corrected chi connectivity index (χ3v) is 4.18. The fourth-order valence-corrected chi connectivity index (χ4v) is 2.58. The molecule has 0 spiro atoms. The lowest BCUT2D eigenvalue weighted by Gasteiger charge is -2.24. The largest absolute Gasteiger partial charge is 0.388 e. The van der Waals surface area contributed by atoms with Gasteiger partial charge in [0.2, 0.25) is 5.91 Å². The topological polar surface area (TPSA) is 94.2 Å². The van der Waals surface area contributed by atoms with E-state index >= 15 is 0 Å². The fourth-order valence-electron chi connectivity index (χ4n) is 2.58. The maximum atomic E-state index is 12.3. The van der Waals surface area contributed by atoms with E-state index in [-0.39, 0.29) is 24.9 Å². The second-order valence-electron chi connectivity index (χ2n) is 7.13. The maximum Gasteiger partial charge on any atom is 0.252 e. The summed E-state index contributed by atoms with van der Waals surface area (Å²) < 4.78 is 0. The molecule has 25 heavy (non-hydrogen) atoms. The van der Waals surface area contributed by atoms with Crippen molar-refractivity contribution in [3.8, 4) is 0 Å². The van der Waals surface area contributed by atoms with Crippen LogP contribution < -0.4 is 10.6 Å². The van der Waals surface area contributed by atoms with Gasteiger partial charge in [-0.2, -0.15) is 0 Å². The minimum atomic E-state index is -0.944. The molecule has 0 aliphatic heterocycles. The van der Waals surface area contributed by atoms with Crippen molar-refractivity contribution in [2.75, 3.05) is 13.1 Å². The summed E-state index contributed by atoms with van der Waals surface area (Å²) in [6.07, 6.45) is 3.28. The first-order valence-electron chi connectivity index (χ1n) is 8.62. The molecular formula is C19H27N3O3. The number of aromatic nitrogens is 1. The van der Waals surface area contributed by atoms with Crippen LogP contribution in [0.25, 0.3) is 10.9 Å². The predicted octanol–water partition coefficient (Wildman–Crippen LogP) is 2.20. The Morgan fingerprint density at radius 2 is 2.00 bits per heavy atom. The van der Waals surface area contributed by atoms with E-state index in [2.05, 4.69) is 29.5 Å². The SMILES string of the molecule is CC(C)CCC(C)(O)CNC(=O)CNC(=O)c1cccc2[nH]ccc12. The Hall–Kier alpha value is -2.34. The van der Waals surface area contributed by atoms with E-state index in [1.807, 2.05) is 12.1 Å². The summed E-state index contributed by atoms with van der Waals surface area (Å²) in [5, 5.41) is 16.4. The third-order valence-electron chi connectivity index (χ3n) is 4.18. The van der Waals surface area contributed by atoms with Gasteiger partial charge in [-0.05, 0) is 43.9 Å². The number of amides is 2. The third kappa shape index (κ3) is 5.60. The fraction of sp³-hybridized carbons (Fsp3) is 0.474. The van der Waals surface area contributed by atoms with E-state index in [0.29, 0.717) is 17.9 Å². The highest BCUT2D eigenvalue weighted by atomic mass is 16.3. The number of hydrogen-bond donors (Lipinski definition) is 4. The smallest absolute Gasteiger partial charge is 0.252 e. The summed E-state index contributed by atoms with van der Waals surface area (Å²) >= 11 is 0. The van der Waals surface area contributed by atoms with Crippen molar-refractivity contribution in [2.24, 2.45) is 5.92 Å². The molecule has 1 aromatic heterocycles. The van der Waals surface area contributed by atoms with Gasteiger partial charge in [-0.1, -0.05) is 19.9 Å². The molecule has 0 bridgehead atoms. The zero-order valence-electron chi connectivity index (χ0n) is 15.1. The highest BCUT2D eigenvalue weighted by Crippen LogP contribution is 2.17. The van der Waals surface area contributed by atoms with Crippen LogP contribution in [0.4, 0.5) is 0 Å². The van der Waals surface area contributed by atoms with Gasteiger partial charge in [0.25, 0.3) is 5.91 Å². The molecule has 1 atom stereocenters. The monoisotopic (exact) mass is 345 g/mol. The van der Waals surface area contributed by atoms with Gasteiger partial charge in [0.05, 0.1) is 12.1 Å². The zero-order valence-corrected chi connectivity index (χ0v) is 15.1. The van der Waals surface area contributed by atoms with E-state index in [4.69, 9.17) is 0 Å². The van der Waals surface area contributed by atoms with Crippen molar-refractivity contribution >= 4 is 22.7 Å². The second kappa shape index (κ2) is 8.16. The van der Waals surface area contributed by atoms with Crippen LogP contribution in [-0.4, -0.2) is 40.6 Å². The number of fused-ring (bicyclic) bond motifs is 1. The van der Waals surface area contributed by atoms with Crippen molar-refractivity contribution < 1.29 is 14.7 Å². The molecule has 4 N–H and O–H groups in total. The molecule has 1 heterocycles. The molecule has 0 aliphatic carbocycles. The number of carbonyl (C=O) groups excluding carboxylic acids is 2. The van der Waals surface area contributed by atoms with Crippen LogP contribution in [0.15, 0.2) is 30.5 Å². The molecule has 0 fully saturated rings. The minimum absolute atomic E-state index is 0.125. The lowest BCUT2D eigenvalue weighted by atomic mass is 9.95. The Morgan fingerprint density at radius 1 is 1.24 bits per heavy atom. The summed E-state index contributed by atoms with van der Waals surface area (Å²) in [7, 11) is 0. The molecule has 136 valence electrons. The lowest BCUT2D eigenvalue weighted by molar-refractivity contribution is -0.121. The van der Waals surface area contributed by atoms with E-state index in [1.165, 1.54) is 0 Å². The maximum absolute atomic E-state index is 12.3. The van der Waals surface area contributed by atoms with Gasteiger partial charge in [-0.3, -0.25) is 9.59 Å². The standard InChI is InChI=1S/C19H27N3O3/c1-13(2)7-9-19(3,25)12-22-17(23)11-21-18(24)15-5-4-6-16-14(15)8-10-20-16/h4-6,8,10,13,20,25H,7,9,11-12H2,1-3H3,(H,21,24)(H,22,23). The first-order chi connectivity index (χ1) is 11.8. The second-order valence-corrected chi connectivity index (χ2v) is 7.13. The molecule has 0 aliphatic rings. The van der Waals surface area contributed by atoms with E-state index in [1.54, 1.807) is 25.3 Å². The van der Waals surface area contributed by atoms with Crippen molar-refractivity contribution in [1.29, 1.82) is 0 Å². The number of nitrogens with one attached hydrogen (secondary N) is 3. The summed E-state index contributed by atoms with van der Waals surface area (Å²) in [6, 6.07) is 7.23. The van der Waals surface area contributed by atoms with Crippen LogP contribution in [0, 0.1) is 5.92 Å². The molecule has 0 saturated carbocycles. The van der Waals surface area contributed by atoms with Crippen molar-refractivity contribution in [2.45, 2.75) is 39.2 Å². The van der Waals surface area contributed by atoms with E-state index < -0.39 is 5.60 Å². The van der Waals surface area contributed by atoms with Gasteiger partial charge in [0.1, 0.15) is 0 Å².